The third-order valence-electron chi connectivity index (χ3n) is 4.41. The molecule has 0 saturated heterocycles. The van der Waals surface area contributed by atoms with Crippen molar-refractivity contribution >= 4 is 14.3 Å². The summed E-state index contributed by atoms with van der Waals surface area (Å²) in [5.41, 5.74) is 1.87. The summed E-state index contributed by atoms with van der Waals surface area (Å²) < 4.78 is 6.20. The van der Waals surface area contributed by atoms with Crippen LogP contribution in [0, 0.1) is 5.92 Å². The van der Waals surface area contributed by atoms with Crippen LogP contribution >= 0.6 is 0 Å². The molecule has 0 amide bonds. The van der Waals surface area contributed by atoms with Crippen LogP contribution in [0.2, 0.25) is 16.6 Å². The maximum absolute atomic E-state index is 12.2. The minimum absolute atomic E-state index is 0.194. The molecule has 118 valence electrons. The predicted octanol–water partition coefficient (Wildman–Crippen LogP) is 5.70. The summed E-state index contributed by atoms with van der Waals surface area (Å²) in [6.07, 6.45) is 2.28. The molecule has 0 saturated carbocycles. The lowest BCUT2D eigenvalue weighted by molar-refractivity contribution is -0.131. The van der Waals surface area contributed by atoms with Gasteiger partial charge in [-0.05, 0) is 35.9 Å². The second-order valence-corrected chi connectivity index (χ2v) is 11.9. The minimum Gasteiger partial charge on any atom is -0.515 e. The van der Waals surface area contributed by atoms with Gasteiger partial charge in [0.15, 0.2) is 0 Å². The standard InChI is InChI=1S/C17H34O2Si/c1-10-11-16(12(2)3)20(14(6)7,15(8)9)19-17(18)13(4)5/h12,14-16H,4,10-11H2,1-3,5-9H3. The van der Waals surface area contributed by atoms with E-state index in [1.807, 2.05) is 0 Å². The molecule has 0 bridgehead atoms. The molecule has 0 aliphatic carbocycles. The molecule has 0 aromatic heterocycles. The van der Waals surface area contributed by atoms with Crippen molar-refractivity contribution < 1.29 is 9.22 Å². The van der Waals surface area contributed by atoms with Crippen molar-refractivity contribution in [2.24, 2.45) is 5.92 Å². The third kappa shape index (κ3) is 4.21. The smallest absolute Gasteiger partial charge is 0.319 e. The molecule has 0 spiro atoms. The van der Waals surface area contributed by atoms with Crippen LogP contribution in [0.3, 0.4) is 0 Å². The average Bonchev–Trinajstić information content (AvgIpc) is 2.31. The summed E-state index contributed by atoms with van der Waals surface area (Å²) in [5, 5.41) is 0. The van der Waals surface area contributed by atoms with Crippen molar-refractivity contribution in [1.29, 1.82) is 0 Å². The van der Waals surface area contributed by atoms with Gasteiger partial charge in [0.05, 0.1) is 0 Å². The Labute approximate surface area is 127 Å². The molecule has 0 aromatic carbocycles. The first kappa shape index (κ1) is 19.4. The second kappa shape index (κ2) is 8.01. The molecule has 1 atom stereocenters. The summed E-state index contributed by atoms with van der Waals surface area (Å²) in [4.78, 5) is 12.2. The number of hydrogen-bond donors (Lipinski definition) is 0. The molecular weight excluding hydrogens is 264 g/mol. The number of carbonyl (C=O) groups excluding carboxylic acids is 1. The Morgan fingerprint density at radius 2 is 1.55 bits per heavy atom. The highest BCUT2D eigenvalue weighted by molar-refractivity contribution is 6.79. The zero-order valence-electron chi connectivity index (χ0n) is 14.7. The van der Waals surface area contributed by atoms with Gasteiger partial charge in [-0.25, -0.2) is 4.79 Å². The molecule has 0 aliphatic rings. The number of rotatable bonds is 8. The van der Waals surface area contributed by atoms with Crippen molar-refractivity contribution in [2.45, 2.75) is 84.9 Å². The molecule has 0 radical (unpaired) electrons. The Morgan fingerprint density at radius 1 is 1.10 bits per heavy atom. The largest absolute Gasteiger partial charge is 0.515 e. The van der Waals surface area contributed by atoms with E-state index in [1.165, 1.54) is 0 Å². The molecule has 0 aliphatic heterocycles. The lowest BCUT2D eigenvalue weighted by Gasteiger charge is -2.45. The maximum atomic E-state index is 12.2. The second-order valence-electron chi connectivity index (χ2n) is 6.97. The van der Waals surface area contributed by atoms with Crippen LogP contribution in [-0.4, -0.2) is 14.3 Å². The van der Waals surface area contributed by atoms with Crippen molar-refractivity contribution in [3.05, 3.63) is 12.2 Å². The van der Waals surface area contributed by atoms with Crippen LogP contribution in [0.5, 0.6) is 0 Å². The van der Waals surface area contributed by atoms with Gasteiger partial charge in [0.1, 0.15) is 0 Å². The highest BCUT2D eigenvalue weighted by Crippen LogP contribution is 2.48. The van der Waals surface area contributed by atoms with E-state index in [-0.39, 0.29) is 5.97 Å². The van der Waals surface area contributed by atoms with E-state index in [1.54, 1.807) is 6.92 Å². The Morgan fingerprint density at radius 3 is 1.80 bits per heavy atom. The summed E-state index contributed by atoms with van der Waals surface area (Å²) >= 11 is 0. The van der Waals surface area contributed by atoms with E-state index < -0.39 is 8.32 Å². The molecule has 1 unspecified atom stereocenters. The van der Waals surface area contributed by atoms with E-state index in [0.29, 0.717) is 28.1 Å². The zero-order valence-corrected chi connectivity index (χ0v) is 15.7. The van der Waals surface area contributed by atoms with Crippen LogP contribution in [-0.2, 0) is 9.22 Å². The van der Waals surface area contributed by atoms with E-state index in [9.17, 15) is 4.79 Å². The Hall–Kier alpha value is -0.573. The summed E-state index contributed by atoms with van der Waals surface area (Å²) in [7, 11) is -2.20. The Balaban J connectivity index is 5.73. The summed E-state index contributed by atoms with van der Waals surface area (Å²) in [5.74, 6) is 0.352. The van der Waals surface area contributed by atoms with Gasteiger partial charge >= 0.3 is 5.97 Å². The van der Waals surface area contributed by atoms with E-state index in [2.05, 4.69) is 55.0 Å². The van der Waals surface area contributed by atoms with Crippen LogP contribution in [0.25, 0.3) is 0 Å². The molecule has 20 heavy (non-hydrogen) atoms. The molecule has 0 fully saturated rings. The van der Waals surface area contributed by atoms with Gasteiger partial charge in [-0.1, -0.05) is 61.5 Å². The van der Waals surface area contributed by atoms with Crippen LogP contribution in [0.15, 0.2) is 12.2 Å². The number of carbonyl (C=O) groups is 1. The van der Waals surface area contributed by atoms with E-state index in [0.717, 1.165) is 12.8 Å². The van der Waals surface area contributed by atoms with Gasteiger partial charge in [-0.15, -0.1) is 0 Å². The molecule has 0 rings (SSSR count). The average molecular weight is 299 g/mol. The lowest BCUT2D eigenvalue weighted by atomic mass is 10.1. The molecule has 0 aromatic rings. The topological polar surface area (TPSA) is 26.3 Å². The molecule has 3 heteroatoms. The lowest BCUT2D eigenvalue weighted by Crippen LogP contribution is -2.52. The molecular formula is C17H34O2Si. The third-order valence-corrected chi connectivity index (χ3v) is 10.7. The fraction of sp³-hybridized carbons (Fsp3) is 0.824. The normalized spacial score (nSPS) is 13.9. The fourth-order valence-electron chi connectivity index (χ4n) is 3.47. The van der Waals surface area contributed by atoms with Crippen molar-refractivity contribution in [1.82, 2.24) is 0 Å². The molecule has 2 nitrogen and oxygen atoms in total. The Bertz CT molecular complexity index is 324. The van der Waals surface area contributed by atoms with Crippen LogP contribution in [0.1, 0.15) is 68.2 Å². The first-order chi connectivity index (χ1) is 9.11. The highest BCUT2D eigenvalue weighted by atomic mass is 28.4. The summed E-state index contributed by atoms with van der Waals surface area (Å²) in [6, 6.07) is 0. The maximum Gasteiger partial charge on any atom is 0.319 e. The zero-order chi connectivity index (χ0) is 16.1. The fourth-order valence-corrected chi connectivity index (χ4v) is 9.42. The van der Waals surface area contributed by atoms with Gasteiger partial charge in [-0.3, -0.25) is 0 Å². The van der Waals surface area contributed by atoms with E-state index in [4.69, 9.17) is 4.43 Å². The van der Waals surface area contributed by atoms with Gasteiger partial charge in [0.2, 0.25) is 0 Å². The quantitative estimate of drug-likeness (QED) is 0.424. The summed E-state index contributed by atoms with van der Waals surface area (Å²) in [6.45, 7) is 21.1. The SMILES string of the molecule is C=C(C)C(=O)O[Si](C(C)C)(C(C)C)C(CCC)C(C)C. The molecule has 0 heterocycles. The van der Waals surface area contributed by atoms with Crippen molar-refractivity contribution in [2.75, 3.05) is 0 Å². The number of hydrogen-bond acceptors (Lipinski definition) is 2. The Kier molecular flexibility index (Phi) is 7.78. The van der Waals surface area contributed by atoms with Gasteiger partial charge in [-0.2, -0.15) is 0 Å². The van der Waals surface area contributed by atoms with Gasteiger partial charge in [0.25, 0.3) is 8.32 Å². The first-order valence-electron chi connectivity index (χ1n) is 7.99. The van der Waals surface area contributed by atoms with E-state index >= 15 is 0 Å². The van der Waals surface area contributed by atoms with Gasteiger partial charge < -0.3 is 4.43 Å². The monoisotopic (exact) mass is 298 g/mol. The minimum atomic E-state index is -2.20. The van der Waals surface area contributed by atoms with Crippen molar-refractivity contribution in [3.63, 3.8) is 0 Å². The highest BCUT2D eigenvalue weighted by Gasteiger charge is 2.52. The van der Waals surface area contributed by atoms with Crippen molar-refractivity contribution in [3.8, 4) is 0 Å². The first-order valence-corrected chi connectivity index (χ1v) is 10.1. The molecule has 0 N–H and O–H groups in total. The van der Waals surface area contributed by atoms with Crippen LogP contribution in [0.4, 0.5) is 0 Å². The van der Waals surface area contributed by atoms with Crippen LogP contribution < -0.4 is 0 Å². The van der Waals surface area contributed by atoms with Gasteiger partial charge in [0, 0.05) is 5.57 Å². The predicted molar refractivity (Wildman–Crippen MR) is 90.4 cm³/mol.